The number of hydrogen-bond acceptors (Lipinski definition) is 5. The van der Waals surface area contributed by atoms with Crippen LogP contribution in [0.4, 0.5) is 0 Å². The van der Waals surface area contributed by atoms with Gasteiger partial charge in [0.2, 0.25) is 0 Å². The predicted octanol–water partition coefficient (Wildman–Crippen LogP) is 3.64. The van der Waals surface area contributed by atoms with Crippen LogP contribution in [0.25, 0.3) is 10.2 Å². The number of para-hydroxylation sites is 2. The largest absolute Gasteiger partial charge is 0.481 e. The smallest absolute Gasteiger partial charge is 0.344 e. The molecule has 0 N–H and O–H groups in total. The normalized spacial score (nSPS) is 10.0. The molecular weight excluding hydrogens is 322 g/mol. The Hall–Kier alpha value is -2.84. The number of thiazole rings is 1. The van der Waals surface area contributed by atoms with E-state index in [0.29, 0.717) is 17.9 Å². The minimum atomic E-state index is -0.397. The molecule has 0 amide bonds. The molecule has 3 aromatic rings. The minimum absolute atomic E-state index is 0.131. The lowest BCUT2D eigenvalue weighted by Gasteiger charge is -2.07. The monoisotopic (exact) mass is 337 g/mol. The molecule has 1 heterocycles. The van der Waals surface area contributed by atoms with Gasteiger partial charge >= 0.3 is 5.97 Å². The van der Waals surface area contributed by atoms with Crippen molar-refractivity contribution >= 4 is 27.5 Å². The lowest BCUT2D eigenvalue weighted by molar-refractivity contribution is -0.145. The summed E-state index contributed by atoms with van der Waals surface area (Å²) in [6, 6.07) is 15.3. The molecule has 0 atom stereocenters. The Labute approximate surface area is 144 Å². The maximum Gasteiger partial charge on any atom is 0.344 e. The third-order valence-corrected chi connectivity index (χ3v) is 4.09. The van der Waals surface area contributed by atoms with Gasteiger partial charge in [0.15, 0.2) is 11.6 Å². The number of ether oxygens (including phenoxy) is 2. The molecule has 2 aromatic carbocycles. The number of esters is 1. The molecular formula is C19H15NO3S. The second kappa shape index (κ2) is 7.62. The summed E-state index contributed by atoms with van der Waals surface area (Å²) < 4.78 is 11.5. The van der Waals surface area contributed by atoms with Crippen molar-refractivity contribution in [3.8, 4) is 17.6 Å². The topological polar surface area (TPSA) is 48.4 Å². The van der Waals surface area contributed by atoms with E-state index in [0.717, 1.165) is 15.2 Å². The van der Waals surface area contributed by atoms with E-state index in [1.165, 1.54) is 0 Å². The van der Waals surface area contributed by atoms with E-state index in [1.54, 1.807) is 24.3 Å². The molecule has 0 saturated carbocycles. The van der Waals surface area contributed by atoms with Crippen molar-refractivity contribution in [1.82, 2.24) is 4.98 Å². The molecule has 3 rings (SSSR count). The predicted molar refractivity (Wildman–Crippen MR) is 94.2 cm³/mol. The zero-order valence-electron chi connectivity index (χ0n) is 13.1. The number of carbonyl (C=O) groups is 1. The molecule has 0 fully saturated rings. The Morgan fingerprint density at radius 1 is 1.12 bits per heavy atom. The number of rotatable bonds is 4. The van der Waals surface area contributed by atoms with E-state index < -0.39 is 5.97 Å². The van der Waals surface area contributed by atoms with Crippen LogP contribution in [0.15, 0.2) is 48.5 Å². The van der Waals surface area contributed by atoms with Gasteiger partial charge in [-0.2, -0.15) is 0 Å². The van der Waals surface area contributed by atoms with Crippen LogP contribution in [-0.4, -0.2) is 24.2 Å². The summed E-state index contributed by atoms with van der Waals surface area (Å²) in [6.07, 6.45) is 0. The minimum Gasteiger partial charge on any atom is -0.481 e. The molecule has 0 spiro atoms. The molecule has 1 aromatic heterocycles. The van der Waals surface area contributed by atoms with Crippen LogP contribution in [0.1, 0.15) is 17.5 Å². The summed E-state index contributed by atoms with van der Waals surface area (Å²) in [6.45, 7) is 1.96. The molecule has 0 bridgehead atoms. The van der Waals surface area contributed by atoms with Crippen molar-refractivity contribution < 1.29 is 14.3 Å². The standard InChI is InChI=1S/C19H15NO3S/c1-2-22-19(21)13-23-16-9-5-3-7-14(16)11-12-18-20-15-8-4-6-10-17(15)24-18/h3-10H,2,13H2,1H3. The summed E-state index contributed by atoms with van der Waals surface area (Å²) >= 11 is 1.55. The Morgan fingerprint density at radius 3 is 2.75 bits per heavy atom. The van der Waals surface area contributed by atoms with E-state index >= 15 is 0 Å². The fourth-order valence-electron chi connectivity index (χ4n) is 2.08. The van der Waals surface area contributed by atoms with Crippen LogP contribution in [0.3, 0.4) is 0 Å². The summed E-state index contributed by atoms with van der Waals surface area (Å²) in [5, 5.41) is 0.747. The lowest BCUT2D eigenvalue weighted by atomic mass is 10.2. The van der Waals surface area contributed by atoms with Gasteiger partial charge in [0.05, 0.1) is 22.4 Å². The highest BCUT2D eigenvalue weighted by Gasteiger charge is 2.06. The second-order valence-electron chi connectivity index (χ2n) is 4.83. The van der Waals surface area contributed by atoms with Crippen molar-refractivity contribution in [2.24, 2.45) is 0 Å². The molecule has 120 valence electrons. The molecule has 5 heteroatoms. The highest BCUT2D eigenvalue weighted by atomic mass is 32.1. The van der Waals surface area contributed by atoms with Crippen molar-refractivity contribution in [2.45, 2.75) is 6.92 Å². The van der Waals surface area contributed by atoms with Gasteiger partial charge in [0.25, 0.3) is 0 Å². The zero-order chi connectivity index (χ0) is 16.8. The lowest BCUT2D eigenvalue weighted by Crippen LogP contribution is -2.14. The van der Waals surface area contributed by atoms with Crippen molar-refractivity contribution in [2.75, 3.05) is 13.2 Å². The zero-order valence-corrected chi connectivity index (χ0v) is 13.9. The first-order chi connectivity index (χ1) is 11.8. The van der Waals surface area contributed by atoms with E-state index in [-0.39, 0.29) is 6.61 Å². The molecule has 0 saturated heterocycles. The van der Waals surface area contributed by atoms with E-state index in [9.17, 15) is 4.79 Å². The summed E-state index contributed by atoms with van der Waals surface area (Å²) in [5.41, 5.74) is 1.65. The number of fused-ring (bicyclic) bond motifs is 1. The fourth-order valence-corrected chi connectivity index (χ4v) is 2.90. The van der Waals surface area contributed by atoms with Gasteiger partial charge < -0.3 is 9.47 Å². The van der Waals surface area contributed by atoms with Crippen LogP contribution >= 0.6 is 11.3 Å². The quantitative estimate of drug-likeness (QED) is 0.539. The Morgan fingerprint density at radius 2 is 1.92 bits per heavy atom. The van der Waals surface area contributed by atoms with Crippen LogP contribution in [0.2, 0.25) is 0 Å². The molecule has 4 nitrogen and oxygen atoms in total. The van der Waals surface area contributed by atoms with Gasteiger partial charge in [-0.05, 0) is 37.1 Å². The average Bonchev–Trinajstić information content (AvgIpc) is 3.02. The molecule has 24 heavy (non-hydrogen) atoms. The maximum atomic E-state index is 11.4. The average molecular weight is 337 g/mol. The highest BCUT2D eigenvalue weighted by molar-refractivity contribution is 7.19. The van der Waals surface area contributed by atoms with Gasteiger partial charge in [0.1, 0.15) is 5.75 Å². The maximum absolute atomic E-state index is 11.4. The Balaban J connectivity index is 1.79. The van der Waals surface area contributed by atoms with Gasteiger partial charge in [0, 0.05) is 0 Å². The van der Waals surface area contributed by atoms with Crippen LogP contribution in [0, 0.1) is 11.8 Å². The molecule has 0 aliphatic rings. The molecule has 0 aliphatic carbocycles. The first kappa shape index (κ1) is 16.0. The number of nitrogens with zero attached hydrogens (tertiary/aromatic N) is 1. The molecule has 0 radical (unpaired) electrons. The van der Waals surface area contributed by atoms with E-state index in [1.807, 2.05) is 42.5 Å². The third kappa shape index (κ3) is 3.92. The van der Waals surface area contributed by atoms with Crippen molar-refractivity contribution in [3.05, 3.63) is 59.1 Å². The van der Waals surface area contributed by atoms with Crippen LogP contribution < -0.4 is 4.74 Å². The van der Waals surface area contributed by atoms with E-state index in [2.05, 4.69) is 16.8 Å². The van der Waals surface area contributed by atoms with Gasteiger partial charge in [-0.15, -0.1) is 11.3 Å². The summed E-state index contributed by atoms with van der Waals surface area (Å²) in [5.74, 6) is 6.29. The first-order valence-electron chi connectivity index (χ1n) is 7.51. The van der Waals surface area contributed by atoms with Crippen LogP contribution in [0.5, 0.6) is 5.75 Å². The van der Waals surface area contributed by atoms with Gasteiger partial charge in [-0.3, -0.25) is 0 Å². The fraction of sp³-hybridized carbons (Fsp3) is 0.158. The number of carbonyl (C=O) groups excluding carboxylic acids is 1. The van der Waals surface area contributed by atoms with Gasteiger partial charge in [-0.25, -0.2) is 9.78 Å². The molecule has 0 aliphatic heterocycles. The summed E-state index contributed by atoms with van der Waals surface area (Å²) in [7, 11) is 0. The second-order valence-corrected chi connectivity index (χ2v) is 5.86. The van der Waals surface area contributed by atoms with Crippen molar-refractivity contribution in [1.29, 1.82) is 0 Å². The number of hydrogen-bond donors (Lipinski definition) is 0. The first-order valence-corrected chi connectivity index (χ1v) is 8.33. The Bertz CT molecular complexity index is 888. The van der Waals surface area contributed by atoms with Crippen molar-refractivity contribution in [3.63, 3.8) is 0 Å². The highest BCUT2D eigenvalue weighted by Crippen LogP contribution is 2.21. The SMILES string of the molecule is CCOC(=O)COc1ccccc1C#Cc1nc2ccccc2s1. The van der Waals surface area contributed by atoms with Gasteiger partial charge in [-0.1, -0.05) is 30.2 Å². The number of benzene rings is 2. The summed E-state index contributed by atoms with van der Waals surface area (Å²) in [4.78, 5) is 15.9. The van der Waals surface area contributed by atoms with E-state index in [4.69, 9.17) is 9.47 Å². The molecule has 0 unspecified atom stereocenters. The van der Waals surface area contributed by atoms with Crippen LogP contribution in [-0.2, 0) is 9.53 Å². The third-order valence-electron chi connectivity index (χ3n) is 3.14. The Kier molecular flexibility index (Phi) is 5.09. The number of aromatic nitrogens is 1.